The first-order valence-corrected chi connectivity index (χ1v) is 7.34. The standard InChI is InChI=1S/C14H18N2OS/c1-10(17)11-5-4-8-16(9-11)14-15-12-6-2-3-7-13(12)18-14/h2-3,6-7,10-11,17H,4-5,8-9H2,1H3. The first-order chi connectivity index (χ1) is 8.74. The van der Waals surface area contributed by atoms with Crippen molar-refractivity contribution < 1.29 is 5.11 Å². The van der Waals surface area contributed by atoms with Crippen molar-refractivity contribution in [2.24, 2.45) is 5.92 Å². The number of hydrogen-bond donors (Lipinski definition) is 1. The van der Waals surface area contributed by atoms with Crippen LogP contribution in [0.15, 0.2) is 24.3 Å². The number of nitrogens with zero attached hydrogens (tertiary/aromatic N) is 2. The fraction of sp³-hybridized carbons (Fsp3) is 0.500. The molecule has 0 aliphatic carbocycles. The van der Waals surface area contributed by atoms with E-state index in [4.69, 9.17) is 4.98 Å². The van der Waals surface area contributed by atoms with E-state index in [1.165, 1.54) is 4.70 Å². The molecule has 0 amide bonds. The van der Waals surface area contributed by atoms with Crippen LogP contribution in [-0.4, -0.2) is 29.3 Å². The van der Waals surface area contributed by atoms with Crippen LogP contribution in [-0.2, 0) is 0 Å². The number of aliphatic hydroxyl groups excluding tert-OH is 1. The molecular formula is C14H18N2OS. The van der Waals surface area contributed by atoms with Crippen LogP contribution in [0, 0.1) is 5.92 Å². The van der Waals surface area contributed by atoms with Gasteiger partial charge in [0.25, 0.3) is 0 Å². The normalized spacial score (nSPS) is 22.3. The molecule has 3 nitrogen and oxygen atoms in total. The topological polar surface area (TPSA) is 36.4 Å². The molecule has 1 aromatic carbocycles. The van der Waals surface area contributed by atoms with Gasteiger partial charge in [0, 0.05) is 19.0 Å². The van der Waals surface area contributed by atoms with Crippen molar-refractivity contribution in [3.63, 3.8) is 0 Å². The highest BCUT2D eigenvalue weighted by atomic mass is 32.1. The van der Waals surface area contributed by atoms with Gasteiger partial charge in [0.05, 0.1) is 16.3 Å². The third-order valence-electron chi connectivity index (χ3n) is 3.69. The summed E-state index contributed by atoms with van der Waals surface area (Å²) in [5, 5.41) is 10.8. The molecule has 18 heavy (non-hydrogen) atoms. The summed E-state index contributed by atoms with van der Waals surface area (Å²) in [5.74, 6) is 0.380. The third kappa shape index (κ3) is 2.22. The summed E-state index contributed by atoms with van der Waals surface area (Å²) in [4.78, 5) is 7.02. The summed E-state index contributed by atoms with van der Waals surface area (Å²) in [6, 6.07) is 8.26. The molecule has 1 N–H and O–H groups in total. The minimum atomic E-state index is -0.220. The SMILES string of the molecule is CC(O)C1CCCN(c2nc3ccccc3s2)C1. The molecule has 2 heterocycles. The Bertz CT molecular complexity index is 504. The largest absolute Gasteiger partial charge is 0.393 e. The molecule has 1 aliphatic heterocycles. The molecule has 2 atom stereocenters. The second-order valence-electron chi connectivity index (χ2n) is 5.05. The first kappa shape index (κ1) is 11.9. The van der Waals surface area contributed by atoms with Crippen LogP contribution in [0.25, 0.3) is 10.2 Å². The zero-order chi connectivity index (χ0) is 12.5. The van der Waals surface area contributed by atoms with Crippen molar-refractivity contribution >= 4 is 26.7 Å². The van der Waals surface area contributed by atoms with Crippen molar-refractivity contribution in [1.29, 1.82) is 0 Å². The number of benzene rings is 1. The van der Waals surface area contributed by atoms with Crippen molar-refractivity contribution in [1.82, 2.24) is 4.98 Å². The summed E-state index contributed by atoms with van der Waals surface area (Å²) < 4.78 is 1.24. The van der Waals surface area contributed by atoms with Gasteiger partial charge in [0.15, 0.2) is 5.13 Å². The van der Waals surface area contributed by atoms with E-state index in [9.17, 15) is 5.11 Å². The summed E-state index contributed by atoms with van der Waals surface area (Å²) >= 11 is 1.75. The molecule has 1 fully saturated rings. The van der Waals surface area contributed by atoms with E-state index in [1.54, 1.807) is 11.3 Å². The maximum absolute atomic E-state index is 9.74. The van der Waals surface area contributed by atoms with Gasteiger partial charge in [0.2, 0.25) is 0 Å². The van der Waals surface area contributed by atoms with Crippen molar-refractivity contribution in [2.45, 2.75) is 25.9 Å². The zero-order valence-electron chi connectivity index (χ0n) is 10.5. The summed E-state index contributed by atoms with van der Waals surface area (Å²) in [5.41, 5.74) is 1.08. The van der Waals surface area contributed by atoms with Crippen LogP contribution < -0.4 is 4.90 Å². The number of fused-ring (bicyclic) bond motifs is 1. The molecule has 1 aliphatic rings. The van der Waals surface area contributed by atoms with Gasteiger partial charge < -0.3 is 10.0 Å². The lowest BCUT2D eigenvalue weighted by atomic mass is 9.94. The van der Waals surface area contributed by atoms with Gasteiger partial charge in [-0.3, -0.25) is 0 Å². The van der Waals surface area contributed by atoms with Gasteiger partial charge in [-0.25, -0.2) is 4.98 Å². The number of aliphatic hydroxyl groups is 1. The van der Waals surface area contributed by atoms with E-state index in [0.29, 0.717) is 5.92 Å². The molecule has 1 saturated heterocycles. The lowest BCUT2D eigenvalue weighted by Gasteiger charge is -2.33. The van der Waals surface area contributed by atoms with Crippen LogP contribution in [0.4, 0.5) is 5.13 Å². The quantitative estimate of drug-likeness (QED) is 0.904. The summed E-state index contributed by atoms with van der Waals surface area (Å²) in [6.07, 6.45) is 2.05. The van der Waals surface area contributed by atoms with E-state index in [2.05, 4.69) is 23.1 Å². The first-order valence-electron chi connectivity index (χ1n) is 6.52. The Morgan fingerprint density at radius 1 is 1.44 bits per heavy atom. The van der Waals surface area contributed by atoms with E-state index in [0.717, 1.165) is 36.6 Å². The predicted octanol–water partition coefficient (Wildman–Crippen LogP) is 2.89. The lowest BCUT2D eigenvalue weighted by Crippen LogP contribution is -2.39. The van der Waals surface area contributed by atoms with Crippen molar-refractivity contribution in [3.8, 4) is 0 Å². The Morgan fingerprint density at radius 3 is 3.06 bits per heavy atom. The fourth-order valence-electron chi connectivity index (χ4n) is 2.57. The number of hydrogen-bond acceptors (Lipinski definition) is 4. The molecule has 0 spiro atoms. The van der Waals surface area contributed by atoms with Crippen LogP contribution in [0.3, 0.4) is 0 Å². The molecule has 2 unspecified atom stereocenters. The highest BCUT2D eigenvalue weighted by molar-refractivity contribution is 7.22. The predicted molar refractivity (Wildman–Crippen MR) is 76.2 cm³/mol. The Labute approximate surface area is 111 Å². The Balaban J connectivity index is 1.85. The molecule has 0 radical (unpaired) electrons. The Hall–Kier alpha value is -1.13. The highest BCUT2D eigenvalue weighted by Crippen LogP contribution is 2.31. The number of rotatable bonds is 2. The minimum Gasteiger partial charge on any atom is -0.393 e. The van der Waals surface area contributed by atoms with Gasteiger partial charge in [0.1, 0.15) is 0 Å². The van der Waals surface area contributed by atoms with E-state index >= 15 is 0 Å². The molecule has 0 saturated carbocycles. The molecular weight excluding hydrogens is 244 g/mol. The number of anilines is 1. The number of aromatic nitrogens is 1. The van der Waals surface area contributed by atoms with Gasteiger partial charge >= 0.3 is 0 Å². The molecule has 3 rings (SSSR count). The average molecular weight is 262 g/mol. The van der Waals surface area contributed by atoms with Gasteiger partial charge in [-0.05, 0) is 31.9 Å². The third-order valence-corrected chi connectivity index (χ3v) is 4.79. The molecule has 96 valence electrons. The van der Waals surface area contributed by atoms with Crippen molar-refractivity contribution in [2.75, 3.05) is 18.0 Å². The zero-order valence-corrected chi connectivity index (χ0v) is 11.4. The fourth-order valence-corrected chi connectivity index (χ4v) is 3.57. The summed E-state index contributed by atoms with van der Waals surface area (Å²) in [6.45, 7) is 3.88. The monoisotopic (exact) mass is 262 g/mol. The molecule has 2 aromatic rings. The Kier molecular flexibility index (Phi) is 3.22. The maximum Gasteiger partial charge on any atom is 0.186 e. The lowest BCUT2D eigenvalue weighted by molar-refractivity contribution is 0.115. The summed E-state index contributed by atoms with van der Waals surface area (Å²) in [7, 11) is 0. The highest BCUT2D eigenvalue weighted by Gasteiger charge is 2.25. The second kappa shape index (κ2) is 4.86. The van der Waals surface area contributed by atoms with Gasteiger partial charge in [-0.1, -0.05) is 23.5 Å². The minimum absolute atomic E-state index is 0.220. The van der Waals surface area contributed by atoms with Crippen LogP contribution in [0.5, 0.6) is 0 Å². The average Bonchev–Trinajstić information content (AvgIpc) is 2.82. The molecule has 1 aromatic heterocycles. The van der Waals surface area contributed by atoms with Crippen LogP contribution in [0.1, 0.15) is 19.8 Å². The van der Waals surface area contributed by atoms with Gasteiger partial charge in [-0.2, -0.15) is 0 Å². The van der Waals surface area contributed by atoms with E-state index in [-0.39, 0.29) is 6.10 Å². The van der Waals surface area contributed by atoms with Crippen LogP contribution in [0.2, 0.25) is 0 Å². The number of piperidine rings is 1. The maximum atomic E-state index is 9.74. The smallest absolute Gasteiger partial charge is 0.186 e. The van der Waals surface area contributed by atoms with E-state index < -0.39 is 0 Å². The van der Waals surface area contributed by atoms with E-state index in [1.807, 2.05) is 13.0 Å². The van der Waals surface area contributed by atoms with Gasteiger partial charge in [-0.15, -0.1) is 0 Å². The Morgan fingerprint density at radius 2 is 2.28 bits per heavy atom. The molecule has 4 heteroatoms. The second-order valence-corrected chi connectivity index (χ2v) is 6.06. The number of para-hydroxylation sites is 1. The van der Waals surface area contributed by atoms with Crippen LogP contribution >= 0.6 is 11.3 Å². The number of thiazole rings is 1. The van der Waals surface area contributed by atoms with Crippen molar-refractivity contribution in [3.05, 3.63) is 24.3 Å². The molecule has 0 bridgehead atoms.